The number of aliphatic hydroxyl groups excluding tert-OH is 1. The average molecular weight is 332 g/mol. The summed E-state index contributed by atoms with van der Waals surface area (Å²) in [5.74, 6) is 0. The molecule has 1 nitrogen and oxygen atoms in total. The molecule has 90 valence electrons. The molecule has 17 heavy (non-hydrogen) atoms. The summed E-state index contributed by atoms with van der Waals surface area (Å²) in [6, 6.07) is 9.88. The Balaban J connectivity index is 2.26. The summed E-state index contributed by atoms with van der Waals surface area (Å²) in [5.41, 5.74) is 2.17. The molecule has 0 aliphatic heterocycles. The van der Waals surface area contributed by atoms with Crippen molar-refractivity contribution in [3.63, 3.8) is 0 Å². The maximum absolute atomic E-state index is 10.2. The SMILES string of the molecule is CCc1ccc(C(O)c2cc(Br)c(Cl)s2)cc1. The van der Waals surface area contributed by atoms with Crippen molar-refractivity contribution in [3.8, 4) is 0 Å². The van der Waals surface area contributed by atoms with Gasteiger partial charge < -0.3 is 5.11 Å². The summed E-state index contributed by atoms with van der Waals surface area (Å²) < 4.78 is 1.51. The Labute approximate surface area is 118 Å². The lowest BCUT2D eigenvalue weighted by Crippen LogP contribution is -1.96. The number of thiophene rings is 1. The topological polar surface area (TPSA) is 20.2 Å². The Kier molecular flexibility index (Phi) is 4.26. The van der Waals surface area contributed by atoms with Gasteiger partial charge in [0.25, 0.3) is 0 Å². The highest BCUT2D eigenvalue weighted by atomic mass is 79.9. The molecule has 1 N–H and O–H groups in total. The molecule has 4 heteroatoms. The van der Waals surface area contributed by atoms with E-state index in [1.807, 2.05) is 30.3 Å². The highest BCUT2D eigenvalue weighted by Crippen LogP contribution is 2.37. The van der Waals surface area contributed by atoms with Gasteiger partial charge in [0, 0.05) is 9.35 Å². The van der Waals surface area contributed by atoms with Gasteiger partial charge in [0.15, 0.2) is 0 Å². The molecule has 0 saturated carbocycles. The first-order valence-electron chi connectivity index (χ1n) is 5.33. The molecule has 1 aromatic heterocycles. The van der Waals surface area contributed by atoms with Gasteiger partial charge in [0.05, 0.1) is 0 Å². The van der Waals surface area contributed by atoms with Crippen LogP contribution in [0.15, 0.2) is 34.8 Å². The standard InChI is InChI=1S/C13H12BrClOS/c1-2-8-3-5-9(6-4-8)12(16)11-7-10(14)13(15)17-11/h3-7,12,16H,2H2,1H3. The minimum absolute atomic E-state index is 0.602. The molecular weight excluding hydrogens is 320 g/mol. The lowest BCUT2D eigenvalue weighted by Gasteiger charge is -2.09. The predicted molar refractivity (Wildman–Crippen MR) is 76.9 cm³/mol. The number of benzene rings is 1. The highest BCUT2D eigenvalue weighted by molar-refractivity contribution is 9.10. The van der Waals surface area contributed by atoms with Crippen LogP contribution in [0, 0.1) is 0 Å². The van der Waals surface area contributed by atoms with Gasteiger partial charge >= 0.3 is 0 Å². The predicted octanol–water partition coefficient (Wildman–Crippen LogP) is 4.81. The molecule has 1 atom stereocenters. The van der Waals surface area contributed by atoms with E-state index in [0.29, 0.717) is 4.34 Å². The molecule has 1 aromatic carbocycles. The van der Waals surface area contributed by atoms with Crippen LogP contribution in [0.3, 0.4) is 0 Å². The smallest absolute Gasteiger partial charge is 0.113 e. The molecule has 1 unspecified atom stereocenters. The molecule has 1 heterocycles. The second-order valence-corrected chi connectivity index (χ2v) is 6.31. The van der Waals surface area contributed by atoms with Crippen molar-refractivity contribution in [3.05, 3.63) is 55.1 Å². The van der Waals surface area contributed by atoms with Gasteiger partial charge in [-0.15, -0.1) is 11.3 Å². The fraction of sp³-hybridized carbons (Fsp3) is 0.231. The Bertz CT molecular complexity index is 487. The summed E-state index contributed by atoms with van der Waals surface area (Å²) in [7, 11) is 0. The van der Waals surface area contributed by atoms with E-state index in [0.717, 1.165) is 21.3 Å². The van der Waals surface area contributed by atoms with Gasteiger partial charge in [-0.05, 0) is 39.5 Å². The fourth-order valence-electron chi connectivity index (χ4n) is 1.60. The minimum Gasteiger partial charge on any atom is -0.383 e. The third-order valence-corrected chi connectivity index (χ3v) is 5.16. The van der Waals surface area contributed by atoms with Crippen LogP contribution in [0.4, 0.5) is 0 Å². The van der Waals surface area contributed by atoms with Crippen LogP contribution in [-0.2, 0) is 6.42 Å². The second kappa shape index (κ2) is 5.53. The van der Waals surface area contributed by atoms with Crippen molar-refractivity contribution in [2.24, 2.45) is 0 Å². The largest absolute Gasteiger partial charge is 0.383 e. The number of hydrogen-bond acceptors (Lipinski definition) is 2. The van der Waals surface area contributed by atoms with Crippen LogP contribution in [0.2, 0.25) is 4.34 Å². The van der Waals surface area contributed by atoms with Crippen molar-refractivity contribution in [2.75, 3.05) is 0 Å². The van der Waals surface area contributed by atoms with E-state index >= 15 is 0 Å². The Morgan fingerprint density at radius 1 is 1.35 bits per heavy atom. The summed E-state index contributed by atoms with van der Waals surface area (Å²) in [6.45, 7) is 2.11. The zero-order valence-corrected chi connectivity index (χ0v) is 12.4. The van der Waals surface area contributed by atoms with E-state index in [1.54, 1.807) is 0 Å². The van der Waals surface area contributed by atoms with Gasteiger partial charge in [0.2, 0.25) is 0 Å². The maximum atomic E-state index is 10.2. The fourth-order valence-corrected chi connectivity index (χ4v) is 3.35. The van der Waals surface area contributed by atoms with Gasteiger partial charge in [0.1, 0.15) is 10.4 Å². The van der Waals surface area contributed by atoms with E-state index in [9.17, 15) is 5.11 Å². The third kappa shape index (κ3) is 2.91. The zero-order valence-electron chi connectivity index (χ0n) is 9.28. The summed E-state index contributed by atoms with van der Waals surface area (Å²) in [4.78, 5) is 0.853. The van der Waals surface area contributed by atoms with Crippen LogP contribution in [0.25, 0.3) is 0 Å². The van der Waals surface area contributed by atoms with Crippen LogP contribution in [-0.4, -0.2) is 5.11 Å². The molecule has 0 saturated heterocycles. The average Bonchev–Trinajstić information content (AvgIpc) is 2.69. The van der Waals surface area contributed by atoms with Gasteiger partial charge in [-0.3, -0.25) is 0 Å². The summed E-state index contributed by atoms with van der Waals surface area (Å²) in [5, 5.41) is 10.2. The van der Waals surface area contributed by atoms with Crippen molar-refractivity contribution >= 4 is 38.9 Å². The molecule has 0 fully saturated rings. The molecular formula is C13H12BrClOS. The number of hydrogen-bond donors (Lipinski definition) is 1. The minimum atomic E-state index is -0.602. The van der Waals surface area contributed by atoms with E-state index in [-0.39, 0.29) is 0 Å². The van der Waals surface area contributed by atoms with Gasteiger partial charge in [-0.25, -0.2) is 0 Å². The van der Waals surface area contributed by atoms with Crippen molar-refractivity contribution in [2.45, 2.75) is 19.4 Å². The molecule has 0 amide bonds. The first-order chi connectivity index (χ1) is 8.11. The Morgan fingerprint density at radius 2 is 2.00 bits per heavy atom. The molecule has 0 spiro atoms. The van der Waals surface area contributed by atoms with Crippen LogP contribution >= 0.6 is 38.9 Å². The number of aryl methyl sites for hydroxylation is 1. The number of rotatable bonds is 3. The summed E-state index contributed by atoms with van der Waals surface area (Å²) >= 11 is 10.7. The quantitative estimate of drug-likeness (QED) is 0.856. The molecule has 2 rings (SSSR count). The normalized spacial score (nSPS) is 12.7. The Morgan fingerprint density at radius 3 is 2.47 bits per heavy atom. The Hall–Kier alpha value is -0.350. The van der Waals surface area contributed by atoms with Crippen molar-refractivity contribution < 1.29 is 5.11 Å². The lowest BCUT2D eigenvalue weighted by molar-refractivity contribution is 0.224. The van der Waals surface area contributed by atoms with Crippen LogP contribution in [0.1, 0.15) is 29.0 Å². The summed E-state index contributed by atoms with van der Waals surface area (Å²) in [6.07, 6.45) is 0.405. The molecule has 0 bridgehead atoms. The van der Waals surface area contributed by atoms with Crippen LogP contribution < -0.4 is 0 Å². The van der Waals surface area contributed by atoms with Gasteiger partial charge in [-0.2, -0.15) is 0 Å². The molecule has 0 aliphatic rings. The first-order valence-corrected chi connectivity index (χ1v) is 7.32. The highest BCUT2D eigenvalue weighted by Gasteiger charge is 2.15. The van der Waals surface area contributed by atoms with E-state index in [2.05, 4.69) is 22.9 Å². The molecule has 0 radical (unpaired) electrons. The number of halogens is 2. The van der Waals surface area contributed by atoms with Gasteiger partial charge in [-0.1, -0.05) is 42.8 Å². The third-order valence-electron chi connectivity index (χ3n) is 2.64. The first kappa shape index (κ1) is 13.1. The molecule has 2 aromatic rings. The monoisotopic (exact) mass is 330 g/mol. The van der Waals surface area contributed by atoms with E-state index in [4.69, 9.17) is 11.6 Å². The molecule has 0 aliphatic carbocycles. The number of aliphatic hydroxyl groups is 1. The van der Waals surface area contributed by atoms with Crippen LogP contribution in [0.5, 0.6) is 0 Å². The maximum Gasteiger partial charge on any atom is 0.113 e. The lowest BCUT2D eigenvalue weighted by atomic mass is 10.0. The van der Waals surface area contributed by atoms with E-state index in [1.165, 1.54) is 16.9 Å². The zero-order chi connectivity index (χ0) is 12.4. The van der Waals surface area contributed by atoms with Crippen molar-refractivity contribution in [1.82, 2.24) is 0 Å². The van der Waals surface area contributed by atoms with E-state index < -0.39 is 6.10 Å². The van der Waals surface area contributed by atoms with Crippen molar-refractivity contribution in [1.29, 1.82) is 0 Å². The second-order valence-electron chi connectivity index (χ2n) is 3.77.